The van der Waals surface area contributed by atoms with Crippen molar-refractivity contribution in [2.45, 2.75) is 10.6 Å². The van der Waals surface area contributed by atoms with E-state index in [0.717, 1.165) is 12.1 Å². The highest BCUT2D eigenvalue weighted by Crippen LogP contribution is 2.19. The molecule has 1 aromatic heterocycles. The Balaban J connectivity index is 1.95. The molecule has 0 bridgehead atoms. The number of fused-ring (bicyclic) bond motifs is 1. The Morgan fingerprint density at radius 1 is 0.864 bits per heavy atom. The average molecular weight is 319 g/mol. The number of halogens is 2. The van der Waals surface area contributed by atoms with Crippen LogP contribution in [0.15, 0.2) is 59.5 Å². The van der Waals surface area contributed by atoms with Gasteiger partial charge in [-0.25, -0.2) is 17.2 Å². The molecule has 0 amide bonds. The number of benzene rings is 2. The van der Waals surface area contributed by atoms with Gasteiger partial charge in [0.1, 0.15) is 11.6 Å². The first-order valence-electron chi connectivity index (χ1n) is 6.47. The van der Waals surface area contributed by atoms with Gasteiger partial charge in [-0.15, -0.1) is 0 Å². The van der Waals surface area contributed by atoms with Crippen LogP contribution in [0.2, 0.25) is 0 Å². The number of hydrogen-bond acceptors (Lipinski definition) is 3. The van der Waals surface area contributed by atoms with Crippen LogP contribution in [0.1, 0.15) is 5.69 Å². The maximum atomic E-state index is 13.1. The summed E-state index contributed by atoms with van der Waals surface area (Å²) in [5, 5.41) is 0.600. The van der Waals surface area contributed by atoms with E-state index >= 15 is 0 Å². The lowest BCUT2D eigenvalue weighted by Crippen LogP contribution is -2.06. The van der Waals surface area contributed by atoms with Crippen LogP contribution in [0.5, 0.6) is 0 Å². The van der Waals surface area contributed by atoms with E-state index in [9.17, 15) is 17.2 Å². The molecule has 22 heavy (non-hydrogen) atoms. The zero-order valence-electron chi connectivity index (χ0n) is 11.3. The second-order valence-corrected chi connectivity index (χ2v) is 6.84. The van der Waals surface area contributed by atoms with Gasteiger partial charge >= 0.3 is 0 Å². The smallest absolute Gasteiger partial charge is 0.184 e. The average Bonchev–Trinajstić information content (AvgIpc) is 2.47. The van der Waals surface area contributed by atoms with Gasteiger partial charge in [-0.1, -0.05) is 6.07 Å². The molecule has 112 valence electrons. The van der Waals surface area contributed by atoms with Gasteiger partial charge in [-0.05, 0) is 48.5 Å². The highest BCUT2D eigenvalue weighted by molar-refractivity contribution is 7.90. The van der Waals surface area contributed by atoms with E-state index in [4.69, 9.17) is 0 Å². The lowest BCUT2D eigenvalue weighted by molar-refractivity contribution is 0.593. The van der Waals surface area contributed by atoms with Crippen molar-refractivity contribution in [2.75, 3.05) is 0 Å². The van der Waals surface area contributed by atoms with Crippen LogP contribution in [0.25, 0.3) is 10.9 Å². The summed E-state index contributed by atoms with van der Waals surface area (Å²) in [6, 6.07) is 11.9. The third kappa shape index (κ3) is 2.96. The van der Waals surface area contributed by atoms with Gasteiger partial charge in [0.25, 0.3) is 0 Å². The Morgan fingerprint density at radius 2 is 1.55 bits per heavy atom. The summed E-state index contributed by atoms with van der Waals surface area (Å²) in [6.07, 6.45) is 0. The van der Waals surface area contributed by atoms with E-state index in [1.807, 2.05) is 0 Å². The number of aromatic nitrogens is 1. The Hall–Kier alpha value is -2.34. The maximum absolute atomic E-state index is 13.1. The van der Waals surface area contributed by atoms with Gasteiger partial charge in [0.2, 0.25) is 0 Å². The number of rotatable bonds is 3. The van der Waals surface area contributed by atoms with Crippen molar-refractivity contribution in [1.29, 1.82) is 0 Å². The molecule has 0 aliphatic rings. The highest BCUT2D eigenvalue weighted by atomic mass is 32.2. The van der Waals surface area contributed by atoms with Crippen molar-refractivity contribution < 1.29 is 17.2 Å². The fourth-order valence-electron chi connectivity index (χ4n) is 2.14. The molecule has 0 radical (unpaired) electrons. The van der Waals surface area contributed by atoms with Crippen LogP contribution in [0, 0.1) is 11.6 Å². The SMILES string of the molecule is O=S(=O)(Cc1ccc2cc(F)ccc2n1)c1ccc(F)cc1. The van der Waals surface area contributed by atoms with E-state index < -0.39 is 15.7 Å². The third-order valence-electron chi connectivity index (χ3n) is 3.22. The fourth-order valence-corrected chi connectivity index (χ4v) is 3.41. The van der Waals surface area contributed by atoms with Crippen molar-refractivity contribution in [2.24, 2.45) is 0 Å². The molecular formula is C16H11F2NO2S. The molecule has 0 N–H and O–H groups in total. The third-order valence-corrected chi connectivity index (χ3v) is 4.89. The molecule has 3 rings (SSSR count). The van der Waals surface area contributed by atoms with Crippen LogP contribution in [-0.2, 0) is 15.6 Å². The number of hydrogen-bond donors (Lipinski definition) is 0. The molecule has 6 heteroatoms. The molecule has 0 spiro atoms. The molecule has 0 saturated carbocycles. The first-order valence-corrected chi connectivity index (χ1v) is 8.13. The van der Waals surface area contributed by atoms with Crippen molar-refractivity contribution in [3.05, 3.63) is 71.9 Å². The molecule has 0 atom stereocenters. The summed E-state index contributed by atoms with van der Waals surface area (Å²) in [5.74, 6) is -1.17. The van der Waals surface area contributed by atoms with E-state index in [0.29, 0.717) is 16.6 Å². The van der Waals surface area contributed by atoms with Crippen molar-refractivity contribution >= 4 is 20.7 Å². The minimum Gasteiger partial charge on any atom is -0.252 e. The molecule has 1 heterocycles. The van der Waals surface area contributed by atoms with Crippen LogP contribution >= 0.6 is 0 Å². The molecule has 0 fully saturated rings. The molecule has 2 aromatic carbocycles. The van der Waals surface area contributed by atoms with Gasteiger partial charge in [0.05, 0.1) is 21.9 Å². The summed E-state index contributed by atoms with van der Waals surface area (Å²) in [6.45, 7) is 0. The largest absolute Gasteiger partial charge is 0.252 e. The lowest BCUT2D eigenvalue weighted by Gasteiger charge is -2.05. The van der Waals surface area contributed by atoms with Crippen molar-refractivity contribution in [3.63, 3.8) is 0 Å². The summed E-state index contributed by atoms with van der Waals surface area (Å²) in [5.41, 5.74) is 0.872. The van der Waals surface area contributed by atoms with Crippen LogP contribution in [0.4, 0.5) is 8.78 Å². The van der Waals surface area contributed by atoms with E-state index in [2.05, 4.69) is 4.98 Å². The van der Waals surface area contributed by atoms with Gasteiger partial charge < -0.3 is 0 Å². The minimum absolute atomic E-state index is 0.0369. The first-order chi connectivity index (χ1) is 10.4. The van der Waals surface area contributed by atoms with Crippen LogP contribution in [0.3, 0.4) is 0 Å². The zero-order chi connectivity index (χ0) is 15.7. The Labute approximate surface area is 126 Å². The normalized spacial score (nSPS) is 11.7. The van der Waals surface area contributed by atoms with Gasteiger partial charge in [-0.3, -0.25) is 4.98 Å². The van der Waals surface area contributed by atoms with E-state index in [-0.39, 0.29) is 16.5 Å². The van der Waals surface area contributed by atoms with Crippen molar-refractivity contribution in [3.8, 4) is 0 Å². The summed E-state index contributed by atoms with van der Waals surface area (Å²) < 4.78 is 50.5. The Kier molecular flexibility index (Phi) is 3.62. The van der Waals surface area contributed by atoms with Crippen molar-refractivity contribution in [1.82, 2.24) is 4.98 Å². The van der Waals surface area contributed by atoms with E-state index in [1.54, 1.807) is 12.1 Å². The monoisotopic (exact) mass is 319 g/mol. The molecule has 3 aromatic rings. The quantitative estimate of drug-likeness (QED) is 0.694. The van der Waals surface area contributed by atoms with Crippen LogP contribution < -0.4 is 0 Å². The molecule has 0 unspecified atom stereocenters. The molecule has 3 nitrogen and oxygen atoms in total. The Morgan fingerprint density at radius 3 is 2.27 bits per heavy atom. The first kappa shape index (κ1) is 14.6. The topological polar surface area (TPSA) is 47.0 Å². The number of sulfone groups is 1. The zero-order valence-corrected chi connectivity index (χ0v) is 12.1. The Bertz CT molecular complexity index is 938. The molecule has 0 aliphatic carbocycles. The van der Waals surface area contributed by atoms with E-state index in [1.165, 1.54) is 30.3 Å². The second kappa shape index (κ2) is 5.46. The maximum Gasteiger partial charge on any atom is 0.184 e. The number of pyridine rings is 1. The second-order valence-electron chi connectivity index (χ2n) is 4.85. The molecular weight excluding hydrogens is 308 g/mol. The molecule has 0 aliphatic heterocycles. The number of nitrogens with zero attached hydrogens (tertiary/aromatic N) is 1. The van der Waals surface area contributed by atoms with Gasteiger partial charge in [-0.2, -0.15) is 0 Å². The van der Waals surface area contributed by atoms with Crippen LogP contribution in [-0.4, -0.2) is 13.4 Å². The van der Waals surface area contributed by atoms with Gasteiger partial charge in [0, 0.05) is 5.39 Å². The predicted octanol–water partition coefficient (Wildman–Crippen LogP) is 3.49. The summed E-state index contributed by atoms with van der Waals surface area (Å²) >= 11 is 0. The minimum atomic E-state index is -3.61. The highest BCUT2D eigenvalue weighted by Gasteiger charge is 2.16. The summed E-state index contributed by atoms with van der Waals surface area (Å²) in [4.78, 5) is 4.26. The fraction of sp³-hybridized carbons (Fsp3) is 0.0625. The lowest BCUT2D eigenvalue weighted by atomic mass is 10.2. The summed E-state index contributed by atoms with van der Waals surface area (Å²) in [7, 11) is -3.61. The standard InChI is InChI=1S/C16H11F2NO2S/c17-12-2-6-15(7-3-12)22(20,21)10-14-5-1-11-9-13(18)4-8-16(11)19-14/h1-9H,10H2. The predicted molar refractivity (Wildman–Crippen MR) is 79.0 cm³/mol. The van der Waals surface area contributed by atoms with Gasteiger partial charge in [0.15, 0.2) is 9.84 Å². The molecule has 0 saturated heterocycles.